The molecule has 0 aromatic rings. The molecule has 9 heteroatoms. The predicted molar refractivity (Wildman–Crippen MR) is 65.7 cm³/mol. The fourth-order valence-corrected chi connectivity index (χ4v) is 1.57. The third-order valence-electron chi connectivity index (χ3n) is 2.32. The van der Waals surface area contributed by atoms with Crippen LogP contribution in [0.1, 0.15) is 6.92 Å². The lowest BCUT2D eigenvalue weighted by Gasteiger charge is -2.20. The number of aliphatic hydroxyl groups excluding tert-OH is 1. The van der Waals surface area contributed by atoms with Gasteiger partial charge >= 0.3 is 0 Å². The van der Waals surface area contributed by atoms with Crippen LogP contribution in [0.15, 0.2) is 15.0 Å². The standard InChI is InChI=1S/C10H13N5O4/c1-6(17)12-10-13-8-7(9(18)14-10)11-4-15(8)5-19-3-2-16/h4,7,16H,2-3,5H2,1H3,(H,12,14,17,18). The fourth-order valence-electron chi connectivity index (χ4n) is 1.57. The van der Waals surface area contributed by atoms with Crippen LogP contribution in [0.2, 0.25) is 0 Å². The lowest BCUT2D eigenvalue weighted by molar-refractivity contribution is -0.117. The average Bonchev–Trinajstić information content (AvgIpc) is 2.72. The van der Waals surface area contributed by atoms with Crippen molar-refractivity contribution >= 4 is 29.9 Å². The van der Waals surface area contributed by atoms with Gasteiger partial charge in [-0.2, -0.15) is 9.98 Å². The molecule has 0 spiro atoms. The van der Waals surface area contributed by atoms with Crippen molar-refractivity contribution in [1.82, 2.24) is 10.2 Å². The van der Waals surface area contributed by atoms with Crippen LogP contribution in [-0.2, 0) is 14.3 Å². The van der Waals surface area contributed by atoms with E-state index in [0.717, 1.165) is 0 Å². The van der Waals surface area contributed by atoms with E-state index in [9.17, 15) is 9.59 Å². The maximum Gasteiger partial charge on any atom is 0.281 e. The summed E-state index contributed by atoms with van der Waals surface area (Å²) in [6, 6.07) is -0.782. The molecule has 2 amide bonds. The molecule has 1 atom stereocenters. The summed E-state index contributed by atoms with van der Waals surface area (Å²) < 4.78 is 5.13. The monoisotopic (exact) mass is 267 g/mol. The number of rotatable bonds is 4. The lowest BCUT2D eigenvalue weighted by atomic mass is 10.2. The molecule has 9 nitrogen and oxygen atoms in total. The summed E-state index contributed by atoms with van der Waals surface area (Å²) in [5, 5.41) is 11.0. The van der Waals surface area contributed by atoms with Crippen molar-refractivity contribution < 1.29 is 19.4 Å². The molecule has 0 aromatic heterocycles. The van der Waals surface area contributed by atoms with Crippen molar-refractivity contribution in [2.24, 2.45) is 15.0 Å². The summed E-state index contributed by atoms with van der Waals surface area (Å²) in [7, 11) is 0. The number of nitrogens with zero attached hydrogens (tertiary/aromatic N) is 4. The third-order valence-corrected chi connectivity index (χ3v) is 2.32. The van der Waals surface area contributed by atoms with E-state index >= 15 is 0 Å². The highest BCUT2D eigenvalue weighted by atomic mass is 16.5. The lowest BCUT2D eigenvalue weighted by Crippen LogP contribution is -2.42. The SMILES string of the molecule is CC(=O)NC1=NC(=O)C2N=CN(COCCO)C2=N1. The number of hydrogen-bond acceptors (Lipinski definition) is 7. The molecule has 0 saturated heterocycles. The minimum atomic E-state index is -0.782. The Bertz CT molecular complexity index is 484. The van der Waals surface area contributed by atoms with Gasteiger partial charge in [0.2, 0.25) is 11.9 Å². The Morgan fingerprint density at radius 3 is 3.05 bits per heavy atom. The number of hydrogen-bond donors (Lipinski definition) is 2. The first-order valence-electron chi connectivity index (χ1n) is 5.59. The van der Waals surface area contributed by atoms with Crippen LogP contribution in [-0.4, -0.2) is 65.9 Å². The molecule has 0 radical (unpaired) electrons. The second-order valence-corrected chi connectivity index (χ2v) is 3.82. The number of carbonyl (C=O) groups is 2. The third kappa shape index (κ3) is 3.01. The van der Waals surface area contributed by atoms with E-state index in [2.05, 4.69) is 20.3 Å². The van der Waals surface area contributed by atoms with Crippen molar-refractivity contribution in [2.45, 2.75) is 13.0 Å². The quantitative estimate of drug-likeness (QED) is 0.577. The van der Waals surface area contributed by atoms with Crippen LogP contribution in [0.3, 0.4) is 0 Å². The van der Waals surface area contributed by atoms with E-state index in [0.29, 0.717) is 5.84 Å². The molecule has 0 aromatic carbocycles. The summed E-state index contributed by atoms with van der Waals surface area (Å²) >= 11 is 0. The molecule has 2 heterocycles. The van der Waals surface area contributed by atoms with Gasteiger partial charge in [0.15, 0.2) is 11.9 Å². The Morgan fingerprint density at radius 1 is 1.58 bits per heavy atom. The van der Waals surface area contributed by atoms with Crippen LogP contribution in [0.25, 0.3) is 0 Å². The van der Waals surface area contributed by atoms with Gasteiger partial charge in [-0.3, -0.25) is 24.8 Å². The summed E-state index contributed by atoms with van der Waals surface area (Å²) in [6.45, 7) is 1.48. The van der Waals surface area contributed by atoms with Crippen LogP contribution < -0.4 is 5.32 Å². The van der Waals surface area contributed by atoms with Crippen LogP contribution in [0.5, 0.6) is 0 Å². The smallest absolute Gasteiger partial charge is 0.281 e. The largest absolute Gasteiger partial charge is 0.394 e. The summed E-state index contributed by atoms with van der Waals surface area (Å²) in [6.07, 6.45) is 1.42. The molecule has 19 heavy (non-hydrogen) atoms. The van der Waals surface area contributed by atoms with E-state index in [4.69, 9.17) is 9.84 Å². The van der Waals surface area contributed by atoms with Crippen molar-refractivity contribution in [3.63, 3.8) is 0 Å². The van der Waals surface area contributed by atoms with Gasteiger partial charge < -0.3 is 9.84 Å². The Kier molecular flexibility index (Phi) is 3.97. The summed E-state index contributed by atoms with van der Waals surface area (Å²) in [5.41, 5.74) is 0. The first kappa shape index (κ1) is 13.3. The maximum absolute atomic E-state index is 11.7. The van der Waals surface area contributed by atoms with E-state index < -0.39 is 11.9 Å². The molecule has 0 bridgehead atoms. The van der Waals surface area contributed by atoms with Gasteiger partial charge in [0.1, 0.15) is 6.73 Å². The molecular weight excluding hydrogens is 254 g/mol. The van der Waals surface area contributed by atoms with Gasteiger partial charge in [-0.25, -0.2) is 0 Å². The van der Waals surface area contributed by atoms with Crippen LogP contribution in [0, 0.1) is 0 Å². The first-order valence-corrected chi connectivity index (χ1v) is 5.59. The number of carbonyl (C=O) groups excluding carboxylic acids is 2. The highest BCUT2D eigenvalue weighted by molar-refractivity contribution is 6.23. The van der Waals surface area contributed by atoms with Gasteiger partial charge in [-0.1, -0.05) is 0 Å². The summed E-state index contributed by atoms with van der Waals surface area (Å²) in [5.74, 6) is -0.561. The Hall–Kier alpha value is -2.13. The molecule has 0 aliphatic carbocycles. The van der Waals surface area contributed by atoms with Crippen LogP contribution in [0.4, 0.5) is 0 Å². The number of aliphatic hydroxyl groups is 1. The second-order valence-electron chi connectivity index (χ2n) is 3.82. The van der Waals surface area contributed by atoms with E-state index in [1.54, 1.807) is 0 Å². The number of amidine groups is 1. The second kappa shape index (κ2) is 5.67. The first-order chi connectivity index (χ1) is 9.11. The van der Waals surface area contributed by atoms with Crippen molar-refractivity contribution in [3.05, 3.63) is 0 Å². The molecule has 2 aliphatic rings. The van der Waals surface area contributed by atoms with Crippen molar-refractivity contribution in [1.29, 1.82) is 0 Å². The number of aliphatic imine (C=N–C) groups is 3. The minimum absolute atomic E-state index is 0.0543. The van der Waals surface area contributed by atoms with Crippen molar-refractivity contribution in [3.8, 4) is 0 Å². The molecule has 1 unspecified atom stereocenters. The number of fused-ring (bicyclic) bond motifs is 1. The fraction of sp³-hybridized carbons (Fsp3) is 0.500. The highest BCUT2D eigenvalue weighted by Gasteiger charge is 2.35. The number of ether oxygens (including phenoxy) is 1. The topological polar surface area (TPSA) is 116 Å². The zero-order valence-corrected chi connectivity index (χ0v) is 10.2. The van der Waals surface area contributed by atoms with Gasteiger partial charge in [0.05, 0.1) is 19.6 Å². The average molecular weight is 267 g/mol. The molecule has 2 rings (SSSR count). The van der Waals surface area contributed by atoms with Gasteiger partial charge in [0, 0.05) is 6.92 Å². The molecule has 2 aliphatic heterocycles. The number of amides is 2. The molecule has 102 valence electrons. The Labute approximate surface area is 108 Å². The Balaban J connectivity index is 2.09. The zero-order chi connectivity index (χ0) is 13.8. The Morgan fingerprint density at radius 2 is 2.37 bits per heavy atom. The van der Waals surface area contributed by atoms with Crippen LogP contribution >= 0.6 is 0 Å². The number of guanidine groups is 1. The van der Waals surface area contributed by atoms with Gasteiger partial charge in [-0.05, 0) is 0 Å². The predicted octanol–water partition coefficient (Wildman–Crippen LogP) is -1.90. The van der Waals surface area contributed by atoms with Gasteiger partial charge in [-0.15, -0.1) is 0 Å². The molecule has 0 saturated carbocycles. The van der Waals surface area contributed by atoms with E-state index in [1.165, 1.54) is 18.2 Å². The molecular formula is C10H13N5O4. The molecule has 2 N–H and O–H groups in total. The molecule has 0 fully saturated rings. The summed E-state index contributed by atoms with van der Waals surface area (Å²) in [4.78, 5) is 35.8. The van der Waals surface area contributed by atoms with Gasteiger partial charge in [0.25, 0.3) is 5.91 Å². The minimum Gasteiger partial charge on any atom is -0.394 e. The number of nitrogens with one attached hydrogen (secondary N) is 1. The van der Waals surface area contributed by atoms with Crippen molar-refractivity contribution in [2.75, 3.05) is 19.9 Å². The highest BCUT2D eigenvalue weighted by Crippen LogP contribution is 2.13. The normalized spacial score (nSPS) is 21.1. The maximum atomic E-state index is 11.7. The van der Waals surface area contributed by atoms with E-state index in [-0.39, 0.29) is 31.8 Å². The van der Waals surface area contributed by atoms with E-state index in [1.807, 2.05) is 0 Å². The zero-order valence-electron chi connectivity index (χ0n) is 10.2.